The second kappa shape index (κ2) is 8.06. The van der Waals surface area contributed by atoms with E-state index in [9.17, 15) is 9.59 Å². The molecule has 0 aromatic rings. The average Bonchev–Trinajstić information content (AvgIpc) is 2.31. The van der Waals surface area contributed by atoms with Crippen LogP contribution in [0, 0.1) is 0 Å². The van der Waals surface area contributed by atoms with Crippen molar-refractivity contribution >= 4 is 45.5 Å². The second-order valence-corrected chi connectivity index (χ2v) is 3.11. The van der Waals surface area contributed by atoms with Crippen molar-refractivity contribution in [2.45, 2.75) is 26.7 Å². The molecule has 0 fully saturated rings. The molecule has 0 spiro atoms. The molecule has 0 rings (SSSR count). The van der Waals surface area contributed by atoms with E-state index in [2.05, 4.69) is 20.0 Å². The molecule has 6 nitrogen and oxygen atoms in total. The van der Waals surface area contributed by atoms with E-state index in [-0.39, 0.29) is 23.2 Å². The highest BCUT2D eigenvalue weighted by atomic mass is 35.5. The highest BCUT2D eigenvalue weighted by molar-refractivity contribution is 7.00. The maximum Gasteiger partial charge on any atom is 0.334 e. The molecule has 0 atom stereocenters. The zero-order valence-electron chi connectivity index (χ0n) is 8.70. The van der Waals surface area contributed by atoms with Gasteiger partial charge in [0.1, 0.15) is 0 Å². The van der Waals surface area contributed by atoms with Crippen LogP contribution in [-0.4, -0.2) is 22.3 Å². The Morgan fingerprint density at radius 2 is 1.25 bits per heavy atom. The van der Waals surface area contributed by atoms with Crippen LogP contribution in [0.4, 0.5) is 0 Å². The lowest BCUT2D eigenvalue weighted by Crippen LogP contribution is -2.06. The van der Waals surface area contributed by atoms with Crippen LogP contribution in [0.25, 0.3) is 0 Å². The highest BCUT2D eigenvalue weighted by Crippen LogP contribution is 2.00. The van der Waals surface area contributed by atoms with Gasteiger partial charge in [-0.15, -0.1) is 0 Å². The van der Waals surface area contributed by atoms with Crippen LogP contribution in [-0.2, 0) is 19.3 Å². The number of hydrogen-bond acceptors (Lipinski definition) is 6. The smallest absolute Gasteiger partial charge is 0.317 e. The summed E-state index contributed by atoms with van der Waals surface area (Å²) in [6.07, 6.45) is 0.292. The summed E-state index contributed by atoms with van der Waals surface area (Å²) in [4.78, 5) is 30.0. The fraction of sp³-hybridized carbons (Fsp3) is 0.500. The largest absolute Gasteiger partial charge is 0.334 e. The number of nitrogens with zero attached hydrogens (tertiary/aromatic N) is 2. The third kappa shape index (κ3) is 6.36. The zero-order chi connectivity index (χ0) is 12.6. The number of halogens is 2. The fourth-order valence-electron chi connectivity index (χ4n) is 0.386. The highest BCUT2D eigenvalue weighted by Gasteiger charge is 2.07. The van der Waals surface area contributed by atoms with Gasteiger partial charge < -0.3 is 9.68 Å². The van der Waals surface area contributed by atoms with E-state index in [0.29, 0.717) is 0 Å². The number of carbonyl (C=O) groups is 2. The van der Waals surface area contributed by atoms with Gasteiger partial charge in [0.2, 0.25) is 10.3 Å². The maximum absolute atomic E-state index is 10.7. The minimum atomic E-state index is -0.576. The van der Waals surface area contributed by atoms with Crippen LogP contribution >= 0.6 is 23.2 Å². The molecule has 0 saturated heterocycles. The zero-order valence-corrected chi connectivity index (χ0v) is 10.2. The number of hydrogen-bond donors (Lipinski definition) is 0. The Balaban J connectivity index is 4.30. The van der Waals surface area contributed by atoms with E-state index in [1.165, 1.54) is 0 Å². The molecule has 0 amide bonds. The molecule has 0 bridgehead atoms. The van der Waals surface area contributed by atoms with Crippen molar-refractivity contribution in [3.05, 3.63) is 0 Å². The van der Waals surface area contributed by atoms with E-state index >= 15 is 0 Å². The van der Waals surface area contributed by atoms with Crippen molar-refractivity contribution in [3.63, 3.8) is 0 Å². The molecule has 0 radical (unpaired) electrons. The lowest BCUT2D eigenvalue weighted by atomic mass is 10.5. The Morgan fingerprint density at radius 3 is 1.50 bits per heavy atom. The third-order valence-corrected chi connectivity index (χ3v) is 1.80. The Hall–Kier alpha value is -1.14. The Bertz CT molecular complexity index is 296. The molecule has 0 aliphatic rings. The molecule has 0 aromatic carbocycles. The van der Waals surface area contributed by atoms with Crippen LogP contribution in [0.5, 0.6) is 0 Å². The predicted molar refractivity (Wildman–Crippen MR) is 59.3 cm³/mol. The van der Waals surface area contributed by atoms with Crippen molar-refractivity contribution < 1.29 is 19.3 Å². The van der Waals surface area contributed by atoms with Crippen LogP contribution in [0.3, 0.4) is 0 Å². The molecule has 90 valence electrons. The number of carbonyl (C=O) groups excluding carboxylic acids is 2. The van der Waals surface area contributed by atoms with Crippen LogP contribution in [0.2, 0.25) is 0 Å². The van der Waals surface area contributed by atoms with Crippen LogP contribution in [0.1, 0.15) is 26.7 Å². The summed E-state index contributed by atoms with van der Waals surface area (Å²) >= 11 is 11.0. The molecule has 16 heavy (non-hydrogen) atoms. The van der Waals surface area contributed by atoms with Crippen molar-refractivity contribution in [2.75, 3.05) is 0 Å². The molecule has 0 aliphatic heterocycles. The summed E-state index contributed by atoms with van der Waals surface area (Å²) in [5, 5.41) is 5.59. The fourth-order valence-corrected chi connectivity index (χ4v) is 0.524. The van der Waals surface area contributed by atoms with Gasteiger partial charge in [-0.25, -0.2) is 9.59 Å². The van der Waals surface area contributed by atoms with Gasteiger partial charge in [-0.1, -0.05) is 47.4 Å². The van der Waals surface area contributed by atoms with Crippen molar-refractivity contribution in [2.24, 2.45) is 10.3 Å². The lowest BCUT2D eigenvalue weighted by Gasteiger charge is -1.96. The molecule has 0 aliphatic carbocycles. The topological polar surface area (TPSA) is 77.3 Å². The van der Waals surface area contributed by atoms with Gasteiger partial charge in [-0.05, 0) is 0 Å². The first-order chi connectivity index (χ1) is 7.51. The first kappa shape index (κ1) is 14.9. The molecule has 0 unspecified atom stereocenters. The first-order valence-electron chi connectivity index (χ1n) is 4.38. The standard InChI is InChI=1S/C8H10Cl2N2O4/c1-3-5(13)15-11-7(9)8(10)12-16-6(14)4-2/h3-4H2,1-2H3. The third-order valence-electron chi connectivity index (χ3n) is 1.20. The Morgan fingerprint density at radius 1 is 0.938 bits per heavy atom. The summed E-state index contributed by atoms with van der Waals surface area (Å²) in [6, 6.07) is 0. The molecule has 0 N–H and O–H groups in total. The van der Waals surface area contributed by atoms with Crippen molar-refractivity contribution in [3.8, 4) is 0 Å². The van der Waals surface area contributed by atoms with Crippen molar-refractivity contribution in [1.82, 2.24) is 0 Å². The van der Waals surface area contributed by atoms with Crippen LogP contribution < -0.4 is 0 Å². The van der Waals surface area contributed by atoms with Gasteiger partial charge in [-0.2, -0.15) is 0 Å². The minimum Gasteiger partial charge on any atom is -0.317 e. The predicted octanol–water partition coefficient (Wildman–Crippen LogP) is 2.00. The lowest BCUT2D eigenvalue weighted by molar-refractivity contribution is -0.144. The summed E-state index contributed by atoms with van der Waals surface area (Å²) in [5.41, 5.74) is 0. The maximum atomic E-state index is 10.7. The SMILES string of the molecule is CCC(=O)ON=C(Cl)C(Cl)=NOC(=O)CC. The summed E-state index contributed by atoms with van der Waals surface area (Å²) < 4.78 is 0. The average molecular weight is 269 g/mol. The molecule has 8 heteroatoms. The van der Waals surface area contributed by atoms with E-state index < -0.39 is 11.9 Å². The van der Waals surface area contributed by atoms with Crippen LogP contribution in [0.15, 0.2) is 10.3 Å². The Kier molecular flexibility index (Phi) is 7.49. The van der Waals surface area contributed by atoms with Gasteiger partial charge in [0.05, 0.1) is 0 Å². The van der Waals surface area contributed by atoms with Gasteiger partial charge >= 0.3 is 11.9 Å². The molecular weight excluding hydrogens is 259 g/mol. The van der Waals surface area contributed by atoms with Gasteiger partial charge in [-0.3, -0.25) is 0 Å². The quantitative estimate of drug-likeness (QED) is 0.434. The summed E-state index contributed by atoms with van der Waals surface area (Å²) in [5.74, 6) is -1.15. The number of oxime groups is 2. The molecular formula is C8H10Cl2N2O4. The molecule has 0 heterocycles. The monoisotopic (exact) mass is 268 g/mol. The minimum absolute atomic E-state index is 0.146. The second-order valence-electron chi connectivity index (χ2n) is 2.40. The Labute approximate surface area is 102 Å². The van der Waals surface area contributed by atoms with E-state index in [4.69, 9.17) is 23.2 Å². The normalized spacial score (nSPS) is 12.2. The van der Waals surface area contributed by atoms with Gasteiger partial charge in [0.15, 0.2) is 0 Å². The van der Waals surface area contributed by atoms with E-state index in [0.717, 1.165) is 0 Å². The number of rotatable bonds is 5. The first-order valence-corrected chi connectivity index (χ1v) is 5.13. The molecule has 0 saturated carbocycles. The van der Waals surface area contributed by atoms with E-state index in [1.54, 1.807) is 13.8 Å². The molecule has 0 aromatic heterocycles. The van der Waals surface area contributed by atoms with Gasteiger partial charge in [0.25, 0.3) is 0 Å². The van der Waals surface area contributed by atoms with Crippen molar-refractivity contribution in [1.29, 1.82) is 0 Å². The summed E-state index contributed by atoms with van der Waals surface area (Å²) in [6.45, 7) is 3.18. The van der Waals surface area contributed by atoms with Gasteiger partial charge in [0, 0.05) is 12.8 Å². The van der Waals surface area contributed by atoms with E-state index in [1.807, 2.05) is 0 Å². The summed E-state index contributed by atoms with van der Waals surface area (Å²) in [7, 11) is 0.